The van der Waals surface area contributed by atoms with E-state index in [9.17, 15) is 27.9 Å². The number of ether oxygens (including phenoxy) is 3. The Bertz CT molecular complexity index is 1060. The lowest BCUT2D eigenvalue weighted by molar-refractivity contribution is -0.324. The Kier molecular flexibility index (Phi) is 6.20. The van der Waals surface area contributed by atoms with Crippen molar-refractivity contribution in [1.82, 2.24) is 0 Å². The molecule has 170 valence electrons. The number of rotatable bonds is 6. The van der Waals surface area contributed by atoms with Crippen molar-refractivity contribution in [3.63, 3.8) is 0 Å². The largest absolute Gasteiger partial charge is 0.481 e. The zero-order valence-corrected chi connectivity index (χ0v) is 16.7. The van der Waals surface area contributed by atoms with Gasteiger partial charge in [0, 0.05) is 6.42 Å². The van der Waals surface area contributed by atoms with Crippen LogP contribution in [0, 0.1) is 11.8 Å². The van der Waals surface area contributed by atoms with E-state index in [2.05, 4.69) is 21.3 Å². The first kappa shape index (κ1) is 23.2. The number of carbonyl (C=O) groups excluding carboxylic acids is 2. The molecular formula is C21H18F3NO7. The quantitative estimate of drug-likeness (QED) is 0.388. The van der Waals surface area contributed by atoms with Gasteiger partial charge in [-0.25, -0.2) is 9.59 Å². The second-order valence-corrected chi connectivity index (χ2v) is 7.16. The Morgan fingerprint density at radius 3 is 2.50 bits per heavy atom. The monoisotopic (exact) mass is 453 g/mol. The van der Waals surface area contributed by atoms with Gasteiger partial charge < -0.3 is 29.5 Å². The van der Waals surface area contributed by atoms with E-state index in [1.165, 1.54) is 19.1 Å². The van der Waals surface area contributed by atoms with Gasteiger partial charge in [-0.3, -0.25) is 0 Å². The molecule has 1 fully saturated rings. The van der Waals surface area contributed by atoms with Gasteiger partial charge in [0.05, 0.1) is 5.56 Å². The summed E-state index contributed by atoms with van der Waals surface area (Å²) in [4.78, 5) is 22.4. The van der Waals surface area contributed by atoms with Gasteiger partial charge in [-0.1, -0.05) is 12.0 Å². The smallest absolute Gasteiger partial charge is 0.422 e. The number of aryl methyl sites for hydroxylation is 1. The molecule has 3 N–H and O–H groups in total. The molecule has 1 aromatic heterocycles. The highest BCUT2D eigenvalue weighted by atomic mass is 19.4. The van der Waals surface area contributed by atoms with Gasteiger partial charge in [-0.2, -0.15) is 13.2 Å². The first-order valence-corrected chi connectivity index (χ1v) is 9.25. The molecule has 1 saturated heterocycles. The van der Waals surface area contributed by atoms with Crippen LogP contribution in [0.2, 0.25) is 0 Å². The fourth-order valence-corrected chi connectivity index (χ4v) is 2.71. The topological polar surface area (TPSA) is 121 Å². The highest BCUT2D eigenvalue weighted by Gasteiger charge is 2.58. The fourth-order valence-electron chi connectivity index (χ4n) is 2.71. The number of esters is 2. The minimum Gasteiger partial charge on any atom is -0.481 e. The van der Waals surface area contributed by atoms with E-state index in [4.69, 9.17) is 14.9 Å². The highest BCUT2D eigenvalue weighted by molar-refractivity contribution is 6.31. The molecule has 1 aliphatic heterocycles. The SMILES string of the molecule is C[C@@](N)(CCc1ccc(C#CCOc2cccc(C(F)(F)F)c2)o1)C1(O)OC(=O)C(=O)O1. The summed E-state index contributed by atoms with van der Waals surface area (Å²) in [6, 6.07) is 7.60. The Balaban J connectivity index is 1.53. The first-order chi connectivity index (χ1) is 14.9. The molecule has 0 radical (unpaired) electrons. The molecule has 0 spiro atoms. The summed E-state index contributed by atoms with van der Waals surface area (Å²) >= 11 is 0. The minimum atomic E-state index is -4.47. The Labute approximate surface area is 180 Å². The van der Waals surface area contributed by atoms with E-state index in [0.717, 1.165) is 12.1 Å². The number of halogens is 3. The summed E-state index contributed by atoms with van der Waals surface area (Å²) in [5.41, 5.74) is 3.52. The van der Waals surface area contributed by atoms with Crippen molar-refractivity contribution in [2.24, 2.45) is 5.73 Å². The molecule has 1 aromatic carbocycles. The van der Waals surface area contributed by atoms with Crippen molar-refractivity contribution < 1.29 is 46.5 Å². The number of aliphatic hydroxyl groups is 1. The molecule has 0 aliphatic carbocycles. The number of benzene rings is 1. The summed E-state index contributed by atoms with van der Waals surface area (Å²) in [6.07, 6.45) is -4.26. The van der Waals surface area contributed by atoms with Crippen LogP contribution in [0.25, 0.3) is 0 Å². The van der Waals surface area contributed by atoms with Crippen LogP contribution in [-0.4, -0.2) is 35.2 Å². The van der Waals surface area contributed by atoms with Crippen LogP contribution in [0.15, 0.2) is 40.8 Å². The van der Waals surface area contributed by atoms with Crippen LogP contribution in [-0.2, 0) is 31.7 Å². The maximum absolute atomic E-state index is 12.7. The molecule has 1 aliphatic rings. The summed E-state index contributed by atoms with van der Waals surface area (Å²) < 4.78 is 57.9. The molecule has 2 heterocycles. The molecular weight excluding hydrogens is 435 g/mol. The van der Waals surface area contributed by atoms with Gasteiger partial charge in [0.15, 0.2) is 5.76 Å². The van der Waals surface area contributed by atoms with Crippen molar-refractivity contribution in [3.05, 3.63) is 53.5 Å². The number of nitrogens with two attached hydrogens (primary N) is 1. The molecule has 32 heavy (non-hydrogen) atoms. The Morgan fingerprint density at radius 2 is 1.84 bits per heavy atom. The van der Waals surface area contributed by atoms with Crippen LogP contribution in [0.4, 0.5) is 13.2 Å². The molecule has 0 amide bonds. The summed E-state index contributed by atoms with van der Waals surface area (Å²) in [7, 11) is 0. The van der Waals surface area contributed by atoms with Crippen LogP contribution in [0.5, 0.6) is 5.75 Å². The van der Waals surface area contributed by atoms with E-state index in [1.807, 2.05) is 0 Å². The Hall–Kier alpha value is -3.49. The number of alkyl halides is 3. The normalized spacial score (nSPS) is 17.1. The average Bonchev–Trinajstić information content (AvgIpc) is 3.27. The number of furan rings is 1. The van der Waals surface area contributed by atoms with Gasteiger partial charge >= 0.3 is 24.1 Å². The van der Waals surface area contributed by atoms with E-state index in [-0.39, 0.29) is 31.0 Å². The minimum absolute atomic E-state index is 0.0170. The second-order valence-electron chi connectivity index (χ2n) is 7.16. The molecule has 8 nitrogen and oxygen atoms in total. The van der Waals surface area contributed by atoms with Crippen LogP contribution in [0.1, 0.15) is 30.4 Å². The lowest BCUT2D eigenvalue weighted by Gasteiger charge is -2.34. The summed E-state index contributed by atoms with van der Waals surface area (Å²) in [5.74, 6) is 0.760. The van der Waals surface area contributed by atoms with Crippen LogP contribution in [0.3, 0.4) is 0 Å². The van der Waals surface area contributed by atoms with E-state index in [1.54, 1.807) is 12.1 Å². The molecule has 0 unspecified atom stereocenters. The Morgan fingerprint density at radius 1 is 1.16 bits per heavy atom. The van der Waals surface area contributed by atoms with Crippen molar-refractivity contribution in [1.29, 1.82) is 0 Å². The van der Waals surface area contributed by atoms with E-state index in [0.29, 0.717) is 5.76 Å². The first-order valence-electron chi connectivity index (χ1n) is 9.25. The number of hydrogen-bond donors (Lipinski definition) is 2. The molecule has 0 bridgehead atoms. The summed E-state index contributed by atoms with van der Waals surface area (Å²) in [5, 5.41) is 10.2. The van der Waals surface area contributed by atoms with Crippen LogP contribution >= 0.6 is 0 Å². The number of cyclic esters (lactones) is 2. The maximum Gasteiger partial charge on any atom is 0.422 e. The third-order valence-corrected chi connectivity index (χ3v) is 4.59. The molecule has 11 heteroatoms. The van der Waals surface area contributed by atoms with Gasteiger partial charge in [0.2, 0.25) is 0 Å². The van der Waals surface area contributed by atoms with Gasteiger partial charge in [-0.05, 0) is 49.6 Å². The molecule has 3 rings (SSSR count). The van der Waals surface area contributed by atoms with Gasteiger partial charge in [-0.15, -0.1) is 0 Å². The zero-order chi connectivity index (χ0) is 23.6. The number of carbonyl (C=O) groups is 2. The van der Waals surface area contributed by atoms with Crippen molar-refractivity contribution >= 4 is 11.9 Å². The van der Waals surface area contributed by atoms with Gasteiger partial charge in [0.25, 0.3) is 0 Å². The average molecular weight is 453 g/mol. The van der Waals surface area contributed by atoms with Crippen molar-refractivity contribution in [2.75, 3.05) is 6.61 Å². The van der Waals surface area contributed by atoms with E-state index < -0.39 is 35.2 Å². The van der Waals surface area contributed by atoms with Crippen molar-refractivity contribution in [3.8, 4) is 17.6 Å². The molecule has 2 aromatic rings. The molecule has 0 saturated carbocycles. The van der Waals surface area contributed by atoms with Crippen LogP contribution < -0.4 is 10.5 Å². The lowest BCUT2D eigenvalue weighted by Crippen LogP contribution is -2.60. The highest BCUT2D eigenvalue weighted by Crippen LogP contribution is 2.32. The van der Waals surface area contributed by atoms with Gasteiger partial charge in [0.1, 0.15) is 23.7 Å². The lowest BCUT2D eigenvalue weighted by atomic mass is 9.93. The number of hydrogen-bond acceptors (Lipinski definition) is 8. The predicted molar refractivity (Wildman–Crippen MR) is 101 cm³/mol. The predicted octanol–water partition coefficient (Wildman–Crippen LogP) is 2.13. The molecule has 1 atom stereocenters. The fraction of sp³-hybridized carbons (Fsp3) is 0.333. The summed E-state index contributed by atoms with van der Waals surface area (Å²) in [6.45, 7) is 1.18. The second kappa shape index (κ2) is 8.57. The van der Waals surface area contributed by atoms with Crippen molar-refractivity contribution in [2.45, 2.75) is 37.5 Å². The standard InChI is InChI=1S/C21H18F3NO7/c1-19(25,21(28)31-17(26)18(27)32-21)10-9-15-8-7-14(30-15)6-3-11-29-16-5-2-4-13(12-16)20(22,23)24/h2,4-5,7-8,12,28H,9-11,25H2,1H3/t19-/m1/s1. The zero-order valence-electron chi connectivity index (χ0n) is 16.7. The third-order valence-electron chi connectivity index (χ3n) is 4.59. The third kappa shape index (κ3) is 5.22. The van der Waals surface area contributed by atoms with E-state index >= 15 is 0 Å². The maximum atomic E-state index is 12.7.